The van der Waals surface area contributed by atoms with Gasteiger partial charge in [0, 0.05) is 6.54 Å². The third kappa shape index (κ3) is 3.59. The second kappa shape index (κ2) is 7.05. The quantitative estimate of drug-likeness (QED) is 0.927. The van der Waals surface area contributed by atoms with E-state index in [9.17, 15) is 13.2 Å². The van der Waals surface area contributed by atoms with Crippen LogP contribution in [0.15, 0.2) is 60.7 Å². The molecule has 3 rings (SSSR count). The Morgan fingerprint density at radius 3 is 2.00 bits per heavy atom. The van der Waals surface area contributed by atoms with Gasteiger partial charge in [0.15, 0.2) is 9.84 Å². The minimum atomic E-state index is -3.07. The van der Waals surface area contributed by atoms with E-state index in [1.807, 2.05) is 60.7 Å². The van der Waals surface area contributed by atoms with Gasteiger partial charge >= 0.3 is 6.03 Å². The number of hydrogen-bond acceptors (Lipinski definition) is 3. The molecule has 6 heteroatoms. The SMILES string of the molecule is O=C(NCC1CCCS1(=O)=O)N(c1ccccc1)c1ccccc1. The number of sulfone groups is 1. The number of carbonyl (C=O) groups is 1. The van der Waals surface area contributed by atoms with Crippen molar-refractivity contribution in [3.8, 4) is 0 Å². The van der Waals surface area contributed by atoms with Gasteiger partial charge in [-0.3, -0.25) is 4.90 Å². The van der Waals surface area contributed by atoms with Crippen molar-refractivity contribution in [3.05, 3.63) is 60.7 Å². The monoisotopic (exact) mass is 344 g/mol. The molecule has 1 unspecified atom stereocenters. The van der Waals surface area contributed by atoms with E-state index in [1.165, 1.54) is 0 Å². The highest BCUT2D eigenvalue weighted by molar-refractivity contribution is 7.92. The van der Waals surface area contributed by atoms with E-state index >= 15 is 0 Å². The lowest BCUT2D eigenvalue weighted by Gasteiger charge is -2.24. The molecule has 0 radical (unpaired) electrons. The van der Waals surface area contributed by atoms with Crippen LogP contribution in [0, 0.1) is 0 Å². The fourth-order valence-corrected chi connectivity index (χ4v) is 4.67. The van der Waals surface area contributed by atoms with Crippen LogP contribution in [0.4, 0.5) is 16.2 Å². The first-order valence-corrected chi connectivity index (χ1v) is 9.69. The van der Waals surface area contributed by atoms with Crippen molar-refractivity contribution in [2.45, 2.75) is 18.1 Å². The molecule has 2 aromatic rings. The molecule has 2 amide bonds. The Balaban J connectivity index is 1.80. The second-order valence-electron chi connectivity index (χ2n) is 5.82. The molecule has 1 N–H and O–H groups in total. The van der Waals surface area contributed by atoms with Crippen LogP contribution < -0.4 is 10.2 Å². The van der Waals surface area contributed by atoms with Crippen molar-refractivity contribution in [1.82, 2.24) is 5.32 Å². The smallest absolute Gasteiger partial charge is 0.326 e. The summed E-state index contributed by atoms with van der Waals surface area (Å²) in [6.07, 6.45) is 1.28. The van der Waals surface area contributed by atoms with Crippen LogP contribution in [0.25, 0.3) is 0 Å². The molecule has 126 valence electrons. The average Bonchev–Trinajstić information content (AvgIpc) is 2.93. The molecular formula is C18H20N2O3S. The summed E-state index contributed by atoms with van der Waals surface area (Å²) in [6, 6.07) is 18.3. The molecule has 0 bridgehead atoms. The Morgan fingerprint density at radius 2 is 1.54 bits per heavy atom. The highest BCUT2D eigenvalue weighted by Crippen LogP contribution is 2.25. The van der Waals surface area contributed by atoms with E-state index in [1.54, 1.807) is 4.90 Å². The van der Waals surface area contributed by atoms with E-state index in [2.05, 4.69) is 5.32 Å². The summed E-state index contributed by atoms with van der Waals surface area (Å²) in [5.41, 5.74) is 1.46. The van der Waals surface area contributed by atoms with E-state index in [0.717, 1.165) is 11.4 Å². The number of rotatable bonds is 4. The molecule has 24 heavy (non-hydrogen) atoms. The summed E-state index contributed by atoms with van der Waals surface area (Å²) in [6.45, 7) is 0.150. The van der Waals surface area contributed by atoms with Crippen LogP contribution in [-0.2, 0) is 9.84 Å². The predicted octanol–water partition coefficient (Wildman–Crippen LogP) is 3.11. The fourth-order valence-electron chi connectivity index (χ4n) is 2.91. The van der Waals surface area contributed by atoms with Crippen LogP contribution in [0.2, 0.25) is 0 Å². The Labute approximate surface area is 142 Å². The van der Waals surface area contributed by atoms with Crippen molar-refractivity contribution >= 4 is 27.2 Å². The molecule has 0 aliphatic carbocycles. The number of carbonyl (C=O) groups excluding carboxylic acids is 1. The summed E-state index contributed by atoms with van der Waals surface area (Å²) in [5, 5.41) is 2.31. The molecule has 0 saturated carbocycles. The third-order valence-electron chi connectivity index (χ3n) is 4.18. The number of hydrogen-bond donors (Lipinski definition) is 1. The zero-order chi connectivity index (χ0) is 17.0. The Bertz CT molecular complexity index is 752. The van der Waals surface area contributed by atoms with Gasteiger partial charge < -0.3 is 5.32 Å². The number of urea groups is 1. The van der Waals surface area contributed by atoms with Crippen molar-refractivity contribution in [2.24, 2.45) is 0 Å². The Morgan fingerprint density at radius 1 is 1.00 bits per heavy atom. The van der Waals surface area contributed by atoms with Crippen LogP contribution >= 0.6 is 0 Å². The van der Waals surface area contributed by atoms with Gasteiger partial charge in [-0.05, 0) is 37.1 Å². The highest BCUT2D eigenvalue weighted by Gasteiger charge is 2.32. The maximum Gasteiger partial charge on any atom is 0.326 e. The molecule has 5 nitrogen and oxygen atoms in total. The largest absolute Gasteiger partial charge is 0.336 e. The summed E-state index contributed by atoms with van der Waals surface area (Å²) in [5.74, 6) is 0.217. The van der Waals surface area contributed by atoms with Crippen LogP contribution in [0.1, 0.15) is 12.8 Å². The molecule has 1 aliphatic rings. The topological polar surface area (TPSA) is 66.5 Å². The summed E-state index contributed by atoms with van der Waals surface area (Å²) < 4.78 is 23.8. The fraction of sp³-hybridized carbons (Fsp3) is 0.278. The third-order valence-corrected chi connectivity index (χ3v) is 6.45. The number of para-hydroxylation sites is 2. The molecule has 1 heterocycles. The summed E-state index contributed by atoms with van der Waals surface area (Å²) in [7, 11) is -3.07. The van der Waals surface area contributed by atoms with Crippen molar-refractivity contribution in [1.29, 1.82) is 0 Å². The first kappa shape index (κ1) is 16.5. The summed E-state index contributed by atoms with van der Waals surface area (Å²) in [4.78, 5) is 14.3. The van der Waals surface area contributed by atoms with Gasteiger partial charge in [-0.2, -0.15) is 0 Å². The van der Waals surface area contributed by atoms with E-state index in [4.69, 9.17) is 0 Å². The summed E-state index contributed by atoms with van der Waals surface area (Å²) >= 11 is 0. The lowest BCUT2D eigenvalue weighted by Crippen LogP contribution is -2.41. The Hall–Kier alpha value is -2.34. The Kier molecular flexibility index (Phi) is 4.85. The molecule has 2 aromatic carbocycles. The number of anilines is 2. The maximum absolute atomic E-state index is 12.7. The van der Waals surface area contributed by atoms with E-state index in [-0.39, 0.29) is 18.3 Å². The minimum Gasteiger partial charge on any atom is -0.336 e. The van der Waals surface area contributed by atoms with Gasteiger partial charge in [0.2, 0.25) is 0 Å². The number of amides is 2. The van der Waals surface area contributed by atoms with E-state index in [0.29, 0.717) is 12.8 Å². The molecule has 1 aliphatic heterocycles. The van der Waals surface area contributed by atoms with E-state index < -0.39 is 15.1 Å². The average molecular weight is 344 g/mol. The highest BCUT2D eigenvalue weighted by atomic mass is 32.2. The van der Waals surface area contributed by atoms with Crippen molar-refractivity contribution < 1.29 is 13.2 Å². The van der Waals surface area contributed by atoms with Gasteiger partial charge in [0.1, 0.15) is 0 Å². The van der Waals surface area contributed by atoms with Crippen LogP contribution in [-0.4, -0.2) is 32.0 Å². The number of benzene rings is 2. The normalized spacial score (nSPS) is 18.9. The number of nitrogens with zero attached hydrogens (tertiary/aromatic N) is 1. The molecule has 1 atom stereocenters. The molecular weight excluding hydrogens is 324 g/mol. The molecule has 1 saturated heterocycles. The zero-order valence-corrected chi connectivity index (χ0v) is 14.1. The first-order chi connectivity index (χ1) is 11.6. The minimum absolute atomic E-state index is 0.150. The zero-order valence-electron chi connectivity index (χ0n) is 13.3. The van der Waals surface area contributed by atoms with Gasteiger partial charge in [0.25, 0.3) is 0 Å². The van der Waals surface area contributed by atoms with Crippen molar-refractivity contribution in [2.75, 3.05) is 17.2 Å². The second-order valence-corrected chi connectivity index (χ2v) is 8.22. The molecule has 0 spiro atoms. The lowest BCUT2D eigenvalue weighted by atomic mass is 10.2. The van der Waals surface area contributed by atoms with Gasteiger partial charge in [-0.25, -0.2) is 13.2 Å². The standard InChI is InChI=1S/C18H20N2O3S/c21-18(19-14-17-12-7-13-24(17,22)23)20(15-8-3-1-4-9-15)16-10-5-2-6-11-16/h1-6,8-11,17H,7,12-14H2,(H,19,21). The maximum atomic E-state index is 12.7. The predicted molar refractivity (Wildman–Crippen MR) is 95.2 cm³/mol. The van der Waals surface area contributed by atoms with Crippen molar-refractivity contribution in [3.63, 3.8) is 0 Å². The van der Waals surface area contributed by atoms with Gasteiger partial charge in [0.05, 0.1) is 22.4 Å². The molecule has 0 aromatic heterocycles. The first-order valence-electron chi connectivity index (χ1n) is 7.97. The number of nitrogens with one attached hydrogen (secondary N) is 1. The van der Waals surface area contributed by atoms with Gasteiger partial charge in [-0.1, -0.05) is 36.4 Å². The van der Waals surface area contributed by atoms with Crippen LogP contribution in [0.3, 0.4) is 0 Å². The van der Waals surface area contributed by atoms with Crippen LogP contribution in [0.5, 0.6) is 0 Å². The molecule has 1 fully saturated rings. The van der Waals surface area contributed by atoms with Gasteiger partial charge in [-0.15, -0.1) is 0 Å². The lowest BCUT2D eigenvalue weighted by molar-refractivity contribution is 0.248.